The molecule has 1 aliphatic carbocycles. The molecule has 0 saturated heterocycles. The molecular weight excluding hydrogens is 356 g/mol. The molecule has 0 aromatic heterocycles. The lowest BCUT2D eigenvalue weighted by atomic mass is 9.87. The van der Waals surface area contributed by atoms with Gasteiger partial charge in [0.25, 0.3) is 11.8 Å². The molecule has 28 heavy (non-hydrogen) atoms. The van der Waals surface area contributed by atoms with Crippen LogP contribution in [0.1, 0.15) is 68.8 Å². The lowest BCUT2D eigenvalue weighted by molar-refractivity contribution is -0.151. The second kappa shape index (κ2) is 9.71. The Morgan fingerprint density at radius 1 is 1.07 bits per heavy atom. The second-order valence-corrected chi connectivity index (χ2v) is 8.47. The topological polar surface area (TPSA) is 75.7 Å². The van der Waals surface area contributed by atoms with E-state index in [2.05, 4.69) is 26.1 Å². The van der Waals surface area contributed by atoms with Gasteiger partial charge in [0.1, 0.15) is 6.54 Å². The molecule has 1 aromatic rings. The third kappa shape index (κ3) is 6.36. The summed E-state index contributed by atoms with van der Waals surface area (Å²) in [7, 11) is 1.76. The van der Waals surface area contributed by atoms with E-state index < -0.39 is 5.97 Å². The molecule has 0 heterocycles. The summed E-state index contributed by atoms with van der Waals surface area (Å²) >= 11 is 0. The average Bonchev–Trinajstić information content (AvgIpc) is 2.69. The van der Waals surface area contributed by atoms with Crippen molar-refractivity contribution in [3.63, 3.8) is 0 Å². The summed E-state index contributed by atoms with van der Waals surface area (Å²) < 4.78 is 5.02. The maximum Gasteiger partial charge on any atom is 0.325 e. The second-order valence-electron chi connectivity index (χ2n) is 8.47. The van der Waals surface area contributed by atoms with E-state index in [1.54, 1.807) is 24.1 Å². The highest BCUT2D eigenvalue weighted by molar-refractivity contribution is 5.96. The Morgan fingerprint density at radius 3 is 2.25 bits per heavy atom. The van der Waals surface area contributed by atoms with Crippen LogP contribution < -0.4 is 5.32 Å². The Bertz CT molecular complexity index is 685. The van der Waals surface area contributed by atoms with E-state index in [1.165, 1.54) is 6.42 Å². The number of benzene rings is 1. The van der Waals surface area contributed by atoms with Gasteiger partial charge in [-0.25, -0.2) is 0 Å². The van der Waals surface area contributed by atoms with Crippen LogP contribution >= 0.6 is 0 Å². The Hall–Kier alpha value is -2.37. The van der Waals surface area contributed by atoms with Crippen LogP contribution in [0.4, 0.5) is 0 Å². The largest absolute Gasteiger partial charge is 0.454 e. The van der Waals surface area contributed by atoms with Gasteiger partial charge in [-0.05, 0) is 36.0 Å². The zero-order valence-corrected chi connectivity index (χ0v) is 17.4. The molecule has 1 aliphatic rings. The fourth-order valence-corrected chi connectivity index (χ4v) is 3.34. The molecule has 6 nitrogen and oxygen atoms in total. The van der Waals surface area contributed by atoms with Gasteiger partial charge in [0.15, 0.2) is 6.61 Å². The van der Waals surface area contributed by atoms with Crippen LogP contribution in [0.3, 0.4) is 0 Å². The molecule has 0 radical (unpaired) electrons. The Balaban J connectivity index is 1.74. The Morgan fingerprint density at radius 2 is 1.68 bits per heavy atom. The van der Waals surface area contributed by atoms with Crippen LogP contribution in [0.25, 0.3) is 0 Å². The number of carbonyl (C=O) groups excluding carboxylic acids is 3. The molecule has 0 bridgehead atoms. The highest BCUT2D eigenvalue weighted by Crippen LogP contribution is 2.22. The third-order valence-electron chi connectivity index (χ3n) is 5.28. The van der Waals surface area contributed by atoms with Crippen molar-refractivity contribution >= 4 is 17.8 Å². The van der Waals surface area contributed by atoms with Crippen molar-refractivity contribution in [2.24, 2.45) is 0 Å². The number of rotatable bonds is 6. The van der Waals surface area contributed by atoms with Gasteiger partial charge in [-0.1, -0.05) is 52.2 Å². The quantitative estimate of drug-likeness (QED) is 0.760. The Labute approximate surface area is 167 Å². The predicted molar refractivity (Wildman–Crippen MR) is 108 cm³/mol. The van der Waals surface area contributed by atoms with E-state index in [0.29, 0.717) is 5.56 Å². The van der Waals surface area contributed by atoms with Gasteiger partial charge in [0.05, 0.1) is 0 Å². The maximum absolute atomic E-state index is 12.2. The minimum Gasteiger partial charge on any atom is -0.454 e. The number of ether oxygens (including phenoxy) is 1. The standard InChI is InChI=1S/C22H32N2O4/c1-22(2,3)17-12-10-16(11-13-17)21(27)23-14-20(26)28-15-19(25)24(4)18-8-6-5-7-9-18/h10-13,18H,5-9,14-15H2,1-4H3,(H,23,27). The van der Waals surface area contributed by atoms with Crippen LogP contribution in [0.2, 0.25) is 0 Å². The summed E-state index contributed by atoms with van der Waals surface area (Å²) in [5.41, 5.74) is 1.62. The number of hydrogen-bond acceptors (Lipinski definition) is 4. The van der Waals surface area contributed by atoms with Gasteiger partial charge < -0.3 is 15.0 Å². The van der Waals surface area contributed by atoms with E-state index in [4.69, 9.17) is 4.74 Å². The van der Waals surface area contributed by atoms with Gasteiger partial charge in [-0.15, -0.1) is 0 Å². The number of carbonyl (C=O) groups is 3. The number of nitrogens with zero attached hydrogens (tertiary/aromatic N) is 1. The highest BCUT2D eigenvalue weighted by atomic mass is 16.5. The molecule has 0 aliphatic heterocycles. The number of nitrogens with one attached hydrogen (secondary N) is 1. The third-order valence-corrected chi connectivity index (χ3v) is 5.28. The normalized spacial score (nSPS) is 15.0. The molecule has 1 fully saturated rings. The smallest absolute Gasteiger partial charge is 0.325 e. The molecule has 0 spiro atoms. The Kier molecular flexibility index (Phi) is 7.61. The van der Waals surface area contributed by atoms with E-state index in [-0.39, 0.29) is 36.4 Å². The summed E-state index contributed by atoms with van der Waals surface area (Å²) in [4.78, 5) is 37.9. The first-order valence-corrected chi connectivity index (χ1v) is 9.98. The molecule has 0 atom stereocenters. The van der Waals surface area contributed by atoms with Crippen LogP contribution in [0.5, 0.6) is 0 Å². The fourth-order valence-electron chi connectivity index (χ4n) is 3.34. The summed E-state index contributed by atoms with van der Waals surface area (Å²) in [6.45, 7) is 5.75. The number of amides is 2. The van der Waals surface area contributed by atoms with Gasteiger partial charge in [0, 0.05) is 18.7 Å². The number of likely N-dealkylation sites (N-methyl/N-ethyl adjacent to an activating group) is 1. The molecule has 1 N–H and O–H groups in total. The molecular formula is C22H32N2O4. The summed E-state index contributed by atoms with van der Waals surface area (Å²) in [5, 5.41) is 2.53. The molecule has 2 rings (SSSR count). The summed E-state index contributed by atoms with van der Waals surface area (Å²) in [6, 6.07) is 7.53. The zero-order chi connectivity index (χ0) is 20.7. The van der Waals surface area contributed by atoms with Crippen molar-refractivity contribution in [3.8, 4) is 0 Å². The van der Waals surface area contributed by atoms with Gasteiger partial charge in [-0.2, -0.15) is 0 Å². The van der Waals surface area contributed by atoms with Crippen LogP contribution in [0.15, 0.2) is 24.3 Å². The first-order chi connectivity index (χ1) is 13.2. The lowest BCUT2D eigenvalue weighted by Crippen LogP contribution is -2.41. The fraction of sp³-hybridized carbons (Fsp3) is 0.591. The molecule has 1 saturated carbocycles. The van der Waals surface area contributed by atoms with Gasteiger partial charge >= 0.3 is 5.97 Å². The van der Waals surface area contributed by atoms with E-state index in [0.717, 1.165) is 31.2 Å². The molecule has 6 heteroatoms. The lowest BCUT2D eigenvalue weighted by Gasteiger charge is -2.31. The van der Waals surface area contributed by atoms with Crippen molar-refractivity contribution in [2.75, 3.05) is 20.2 Å². The van der Waals surface area contributed by atoms with E-state index in [9.17, 15) is 14.4 Å². The summed E-state index contributed by atoms with van der Waals surface area (Å²) in [6.07, 6.45) is 5.47. The number of esters is 1. The molecule has 0 unspecified atom stereocenters. The van der Waals surface area contributed by atoms with Crippen LogP contribution in [-0.4, -0.2) is 48.9 Å². The van der Waals surface area contributed by atoms with Crippen LogP contribution in [0, 0.1) is 0 Å². The first-order valence-electron chi connectivity index (χ1n) is 9.98. The SMILES string of the molecule is CN(C(=O)COC(=O)CNC(=O)c1ccc(C(C)(C)C)cc1)C1CCCCC1. The van der Waals surface area contributed by atoms with Crippen molar-refractivity contribution in [1.82, 2.24) is 10.2 Å². The molecule has 2 amide bonds. The van der Waals surface area contributed by atoms with Crippen molar-refractivity contribution < 1.29 is 19.1 Å². The minimum absolute atomic E-state index is 0.0101. The van der Waals surface area contributed by atoms with Crippen molar-refractivity contribution in [1.29, 1.82) is 0 Å². The maximum atomic E-state index is 12.2. The van der Waals surface area contributed by atoms with Gasteiger partial charge in [0.2, 0.25) is 0 Å². The summed E-state index contributed by atoms with van der Waals surface area (Å²) in [5.74, 6) is -1.17. The van der Waals surface area contributed by atoms with Crippen molar-refractivity contribution in [3.05, 3.63) is 35.4 Å². The van der Waals surface area contributed by atoms with Crippen molar-refractivity contribution in [2.45, 2.75) is 64.3 Å². The molecule has 154 valence electrons. The minimum atomic E-state index is -0.620. The predicted octanol–water partition coefficient (Wildman–Crippen LogP) is 3.05. The highest BCUT2D eigenvalue weighted by Gasteiger charge is 2.23. The monoisotopic (exact) mass is 388 g/mol. The van der Waals surface area contributed by atoms with E-state index >= 15 is 0 Å². The van der Waals surface area contributed by atoms with E-state index in [1.807, 2.05) is 12.1 Å². The van der Waals surface area contributed by atoms with Crippen LogP contribution in [-0.2, 0) is 19.7 Å². The van der Waals surface area contributed by atoms with Gasteiger partial charge in [-0.3, -0.25) is 14.4 Å². The molecule has 1 aromatic carbocycles. The zero-order valence-electron chi connectivity index (χ0n) is 17.4. The number of hydrogen-bond donors (Lipinski definition) is 1. The first kappa shape index (κ1) is 21.9. The average molecular weight is 389 g/mol.